The molecule has 7 nitrogen and oxygen atoms in total. The Kier molecular flexibility index (Phi) is 8.07. The number of aromatic nitrogens is 3. The monoisotopic (exact) mass is 432 g/mol. The first-order valence-corrected chi connectivity index (χ1v) is 9.13. The standard InChI is InChI=1S/C17H19Cl3N4O3/c1-27-13-5-2-12(3-6-13)4-7-14-21-15(17(18,19)20)23-16(22-14)24(8-10-25)9-11-26/h2-7,25-26H,8-11H2,1H3. The fraction of sp³-hybridized carbons (Fsp3) is 0.353. The fourth-order valence-electron chi connectivity index (χ4n) is 2.16. The van der Waals surface area contributed by atoms with Crippen LogP contribution < -0.4 is 9.64 Å². The molecule has 146 valence electrons. The smallest absolute Gasteiger partial charge is 0.250 e. The molecule has 1 aromatic carbocycles. The van der Waals surface area contributed by atoms with Gasteiger partial charge in [-0.05, 0) is 23.8 Å². The first-order valence-electron chi connectivity index (χ1n) is 7.99. The molecule has 0 amide bonds. The third kappa shape index (κ3) is 6.48. The van der Waals surface area contributed by atoms with Crippen LogP contribution in [0.2, 0.25) is 0 Å². The molecule has 1 heterocycles. The third-order valence-electron chi connectivity index (χ3n) is 3.46. The second kappa shape index (κ2) is 10.1. The summed E-state index contributed by atoms with van der Waals surface area (Å²) in [6.07, 6.45) is 3.45. The zero-order chi connectivity index (χ0) is 19.9. The van der Waals surface area contributed by atoms with Crippen LogP contribution in [0.4, 0.5) is 5.95 Å². The van der Waals surface area contributed by atoms with Crippen molar-refractivity contribution >= 4 is 52.9 Å². The van der Waals surface area contributed by atoms with Gasteiger partial charge in [-0.15, -0.1) is 0 Å². The zero-order valence-corrected chi connectivity index (χ0v) is 16.8. The van der Waals surface area contributed by atoms with Crippen molar-refractivity contribution in [3.63, 3.8) is 0 Å². The molecule has 0 aliphatic rings. The van der Waals surface area contributed by atoms with Gasteiger partial charge in [-0.2, -0.15) is 9.97 Å². The Balaban J connectivity index is 2.38. The zero-order valence-electron chi connectivity index (χ0n) is 14.5. The SMILES string of the molecule is COc1ccc(C=Cc2nc(N(CCO)CCO)nc(C(Cl)(Cl)Cl)n2)cc1. The average Bonchev–Trinajstić information content (AvgIpc) is 2.65. The number of hydrogen-bond acceptors (Lipinski definition) is 7. The van der Waals surface area contributed by atoms with E-state index in [9.17, 15) is 10.2 Å². The van der Waals surface area contributed by atoms with Crippen molar-refractivity contribution in [3.05, 3.63) is 41.5 Å². The lowest BCUT2D eigenvalue weighted by atomic mass is 10.2. The highest BCUT2D eigenvalue weighted by molar-refractivity contribution is 6.66. The van der Waals surface area contributed by atoms with Crippen LogP contribution in [0, 0.1) is 0 Å². The molecule has 2 aromatic rings. The van der Waals surface area contributed by atoms with Gasteiger partial charge < -0.3 is 19.8 Å². The molecule has 27 heavy (non-hydrogen) atoms. The molecule has 0 unspecified atom stereocenters. The Hall–Kier alpha value is -1.64. The number of halogens is 3. The van der Waals surface area contributed by atoms with E-state index in [2.05, 4.69) is 15.0 Å². The van der Waals surface area contributed by atoms with Gasteiger partial charge in [-0.3, -0.25) is 0 Å². The average molecular weight is 434 g/mol. The first-order chi connectivity index (χ1) is 12.9. The second-order valence-corrected chi connectivity index (χ2v) is 7.64. The molecule has 1 aromatic heterocycles. The summed E-state index contributed by atoms with van der Waals surface area (Å²) in [5.74, 6) is 1.17. The number of hydrogen-bond donors (Lipinski definition) is 2. The Morgan fingerprint density at radius 2 is 1.63 bits per heavy atom. The number of benzene rings is 1. The first kappa shape index (κ1) is 21.7. The highest BCUT2D eigenvalue weighted by Crippen LogP contribution is 2.36. The topological polar surface area (TPSA) is 91.6 Å². The third-order valence-corrected chi connectivity index (χ3v) is 3.96. The fourth-order valence-corrected chi connectivity index (χ4v) is 2.42. The van der Waals surface area contributed by atoms with Gasteiger partial charge in [0.2, 0.25) is 9.74 Å². The lowest BCUT2D eigenvalue weighted by Crippen LogP contribution is -2.32. The van der Waals surface area contributed by atoms with Crippen LogP contribution in [0.5, 0.6) is 5.75 Å². The van der Waals surface area contributed by atoms with E-state index in [4.69, 9.17) is 39.5 Å². The number of anilines is 1. The number of methoxy groups -OCH3 is 1. The van der Waals surface area contributed by atoms with E-state index < -0.39 is 3.79 Å². The van der Waals surface area contributed by atoms with E-state index in [0.29, 0.717) is 0 Å². The molecule has 2 rings (SSSR count). The van der Waals surface area contributed by atoms with Gasteiger partial charge in [0.25, 0.3) is 0 Å². The quantitative estimate of drug-likeness (QED) is 0.618. The molecule has 0 fully saturated rings. The molecule has 2 N–H and O–H groups in total. The normalized spacial score (nSPS) is 11.8. The number of aliphatic hydroxyl groups excluding tert-OH is 2. The van der Waals surface area contributed by atoms with Gasteiger partial charge in [0.05, 0.1) is 20.3 Å². The molecule has 0 saturated carbocycles. The van der Waals surface area contributed by atoms with Gasteiger partial charge >= 0.3 is 0 Å². The summed E-state index contributed by atoms with van der Waals surface area (Å²) in [7, 11) is 1.60. The summed E-state index contributed by atoms with van der Waals surface area (Å²) >= 11 is 17.8. The predicted octanol–water partition coefficient (Wildman–Crippen LogP) is 2.67. The minimum absolute atomic E-state index is 0.0484. The van der Waals surface area contributed by atoms with Gasteiger partial charge in [0.15, 0.2) is 11.6 Å². The van der Waals surface area contributed by atoms with Crippen LogP contribution in [-0.4, -0.2) is 58.6 Å². The molecule has 0 saturated heterocycles. The van der Waals surface area contributed by atoms with Gasteiger partial charge in [0.1, 0.15) is 5.75 Å². The van der Waals surface area contributed by atoms with E-state index in [0.717, 1.165) is 11.3 Å². The molecule has 0 aliphatic heterocycles. The van der Waals surface area contributed by atoms with E-state index in [-0.39, 0.29) is 43.9 Å². The molecular formula is C17H19Cl3N4O3. The van der Waals surface area contributed by atoms with Crippen LogP contribution in [0.25, 0.3) is 12.2 Å². The molecule has 0 aliphatic carbocycles. The van der Waals surface area contributed by atoms with E-state index in [1.165, 1.54) is 0 Å². The van der Waals surface area contributed by atoms with Crippen LogP contribution in [-0.2, 0) is 3.79 Å². The number of rotatable bonds is 8. The van der Waals surface area contributed by atoms with Crippen molar-refractivity contribution in [1.29, 1.82) is 0 Å². The van der Waals surface area contributed by atoms with Crippen LogP contribution >= 0.6 is 34.8 Å². The van der Waals surface area contributed by atoms with Crippen molar-refractivity contribution in [3.8, 4) is 5.75 Å². The van der Waals surface area contributed by atoms with Crippen molar-refractivity contribution < 1.29 is 14.9 Å². The van der Waals surface area contributed by atoms with Crippen LogP contribution in [0.15, 0.2) is 24.3 Å². The summed E-state index contributed by atoms with van der Waals surface area (Å²) in [4.78, 5) is 14.2. The Bertz CT molecular complexity index is 761. The molecule has 10 heteroatoms. The van der Waals surface area contributed by atoms with Crippen molar-refractivity contribution in [2.24, 2.45) is 0 Å². The highest BCUT2D eigenvalue weighted by Gasteiger charge is 2.28. The molecular weight excluding hydrogens is 415 g/mol. The minimum Gasteiger partial charge on any atom is -0.497 e. The molecule has 0 atom stereocenters. The van der Waals surface area contributed by atoms with E-state index in [1.807, 2.05) is 24.3 Å². The lowest BCUT2D eigenvalue weighted by Gasteiger charge is -2.22. The van der Waals surface area contributed by atoms with Crippen LogP contribution in [0.1, 0.15) is 17.2 Å². The van der Waals surface area contributed by atoms with E-state index >= 15 is 0 Å². The summed E-state index contributed by atoms with van der Waals surface area (Å²) < 4.78 is 3.28. The van der Waals surface area contributed by atoms with Gasteiger partial charge in [-0.1, -0.05) is 53.0 Å². The largest absolute Gasteiger partial charge is 0.497 e. The van der Waals surface area contributed by atoms with E-state index in [1.54, 1.807) is 24.2 Å². The van der Waals surface area contributed by atoms with Crippen molar-refractivity contribution in [1.82, 2.24) is 15.0 Å². The van der Waals surface area contributed by atoms with Crippen LogP contribution in [0.3, 0.4) is 0 Å². The minimum atomic E-state index is -1.84. The number of aliphatic hydroxyl groups is 2. The highest BCUT2D eigenvalue weighted by atomic mass is 35.6. The maximum Gasteiger partial charge on any atom is 0.250 e. The van der Waals surface area contributed by atoms with Gasteiger partial charge in [-0.25, -0.2) is 4.98 Å². The summed E-state index contributed by atoms with van der Waals surface area (Å²) in [5, 5.41) is 18.4. The number of alkyl halides is 3. The van der Waals surface area contributed by atoms with Gasteiger partial charge in [0, 0.05) is 13.1 Å². The van der Waals surface area contributed by atoms with Crippen molar-refractivity contribution in [2.75, 3.05) is 38.3 Å². The summed E-state index contributed by atoms with van der Waals surface area (Å²) in [6, 6.07) is 7.40. The maximum atomic E-state index is 9.22. The number of nitrogens with zero attached hydrogens (tertiary/aromatic N) is 4. The predicted molar refractivity (Wildman–Crippen MR) is 107 cm³/mol. The Morgan fingerprint density at radius 3 is 2.15 bits per heavy atom. The Morgan fingerprint density at radius 1 is 1.00 bits per heavy atom. The van der Waals surface area contributed by atoms with Crippen molar-refractivity contribution in [2.45, 2.75) is 3.79 Å². The maximum absolute atomic E-state index is 9.22. The molecule has 0 spiro atoms. The summed E-state index contributed by atoms with van der Waals surface area (Å²) in [5.41, 5.74) is 0.899. The number of ether oxygens (including phenoxy) is 1. The second-order valence-electron chi connectivity index (χ2n) is 5.36. The summed E-state index contributed by atoms with van der Waals surface area (Å²) in [6.45, 7) is 0.134. The lowest BCUT2D eigenvalue weighted by molar-refractivity contribution is 0.280. The molecule has 0 radical (unpaired) electrons. The molecule has 0 bridgehead atoms. The Labute approximate surface area is 172 Å².